The smallest absolute Gasteiger partial charge is 0.223 e. The minimum Gasteiger partial charge on any atom is -0.493 e. The molecule has 33 heavy (non-hydrogen) atoms. The van der Waals surface area contributed by atoms with Crippen molar-refractivity contribution in [3.63, 3.8) is 0 Å². The lowest BCUT2D eigenvalue weighted by molar-refractivity contribution is -0.142. The van der Waals surface area contributed by atoms with E-state index < -0.39 is 0 Å². The van der Waals surface area contributed by atoms with E-state index in [0.29, 0.717) is 36.8 Å². The molecule has 3 fully saturated rings. The van der Waals surface area contributed by atoms with Crippen LogP contribution in [0.3, 0.4) is 0 Å². The molecule has 3 saturated heterocycles. The molecule has 1 aromatic rings. The molecule has 0 spiro atoms. The number of hydrogen-bond acceptors (Lipinski definition) is 4. The first-order chi connectivity index (χ1) is 16.0. The van der Waals surface area contributed by atoms with Gasteiger partial charge in [-0.3, -0.25) is 9.59 Å². The van der Waals surface area contributed by atoms with Crippen molar-refractivity contribution in [2.24, 2.45) is 5.41 Å². The zero-order valence-corrected chi connectivity index (χ0v) is 20.5. The summed E-state index contributed by atoms with van der Waals surface area (Å²) in [5, 5.41) is 0.633. The highest BCUT2D eigenvalue weighted by molar-refractivity contribution is 6.30. The molecule has 2 amide bonds. The Balaban J connectivity index is 1.43. The molecule has 0 aliphatic carbocycles. The van der Waals surface area contributed by atoms with Crippen molar-refractivity contribution in [3.8, 4) is 5.75 Å². The molecule has 1 atom stereocenters. The van der Waals surface area contributed by atoms with Gasteiger partial charge in [0.15, 0.2) is 0 Å². The summed E-state index contributed by atoms with van der Waals surface area (Å²) >= 11 is 6.14. The van der Waals surface area contributed by atoms with Gasteiger partial charge in [0.2, 0.25) is 11.8 Å². The fourth-order valence-electron chi connectivity index (χ4n) is 5.52. The minimum absolute atomic E-state index is 0.204. The Bertz CT molecular complexity index is 808. The standard InChI is InChI=1S/C26H38ClN3O3/c27-22-8-6-9-23(18-22)33-21-26(19-25(32)29-14-2-1-3-15-29)11-7-16-30(20-26)24(31)10-17-28-12-4-5-13-28/h6,8-9,18H,1-5,7,10-17,19-21H2. The van der Waals surface area contributed by atoms with E-state index in [1.54, 1.807) is 0 Å². The highest BCUT2D eigenvalue weighted by atomic mass is 35.5. The van der Waals surface area contributed by atoms with Gasteiger partial charge >= 0.3 is 0 Å². The molecule has 0 N–H and O–H groups in total. The van der Waals surface area contributed by atoms with E-state index in [1.807, 2.05) is 34.1 Å². The zero-order valence-electron chi connectivity index (χ0n) is 19.8. The first-order valence-electron chi connectivity index (χ1n) is 12.7. The van der Waals surface area contributed by atoms with Gasteiger partial charge in [-0.1, -0.05) is 17.7 Å². The number of amides is 2. The second-order valence-corrected chi connectivity index (χ2v) is 10.5. The van der Waals surface area contributed by atoms with Crippen LogP contribution in [0.15, 0.2) is 24.3 Å². The fourth-order valence-corrected chi connectivity index (χ4v) is 5.70. The maximum absolute atomic E-state index is 13.3. The number of ether oxygens (including phenoxy) is 1. The van der Waals surface area contributed by atoms with Crippen LogP contribution in [-0.2, 0) is 9.59 Å². The van der Waals surface area contributed by atoms with Crippen LogP contribution in [0.1, 0.15) is 57.8 Å². The van der Waals surface area contributed by atoms with Crippen LogP contribution in [0, 0.1) is 5.41 Å². The number of benzene rings is 1. The number of rotatable bonds is 8. The lowest BCUT2D eigenvalue weighted by atomic mass is 9.77. The van der Waals surface area contributed by atoms with Gasteiger partial charge in [-0.25, -0.2) is 0 Å². The van der Waals surface area contributed by atoms with Gasteiger partial charge in [-0.15, -0.1) is 0 Å². The summed E-state index contributed by atoms with van der Waals surface area (Å²) in [7, 11) is 0. The fraction of sp³-hybridized carbons (Fsp3) is 0.692. The van der Waals surface area contributed by atoms with Crippen molar-refractivity contribution >= 4 is 23.4 Å². The van der Waals surface area contributed by atoms with Crippen molar-refractivity contribution in [1.29, 1.82) is 0 Å². The van der Waals surface area contributed by atoms with E-state index >= 15 is 0 Å². The molecule has 182 valence electrons. The topological polar surface area (TPSA) is 53.1 Å². The van der Waals surface area contributed by atoms with E-state index in [2.05, 4.69) is 4.90 Å². The van der Waals surface area contributed by atoms with Gasteiger partial charge in [0.05, 0.1) is 6.61 Å². The Labute approximate surface area is 203 Å². The van der Waals surface area contributed by atoms with Gasteiger partial charge in [0, 0.05) is 56.0 Å². The minimum atomic E-state index is -0.363. The number of likely N-dealkylation sites (tertiary alicyclic amines) is 3. The molecule has 0 saturated carbocycles. The third kappa shape index (κ3) is 6.86. The maximum atomic E-state index is 13.3. The molecule has 3 aliphatic rings. The quantitative estimate of drug-likeness (QED) is 0.565. The SMILES string of the molecule is O=C(CC1(COc2cccc(Cl)c2)CCCN(C(=O)CCN2CCCC2)C1)N1CCCCC1. The average molecular weight is 476 g/mol. The molecular weight excluding hydrogens is 438 g/mol. The summed E-state index contributed by atoms with van der Waals surface area (Å²) in [6, 6.07) is 7.40. The predicted molar refractivity (Wildman–Crippen MR) is 131 cm³/mol. The van der Waals surface area contributed by atoms with Crippen molar-refractivity contribution in [3.05, 3.63) is 29.3 Å². The van der Waals surface area contributed by atoms with Crippen LogP contribution < -0.4 is 4.74 Å². The molecule has 0 aromatic heterocycles. The van der Waals surface area contributed by atoms with Crippen LogP contribution >= 0.6 is 11.6 Å². The molecule has 0 bridgehead atoms. The van der Waals surface area contributed by atoms with E-state index in [1.165, 1.54) is 19.3 Å². The first kappa shape index (κ1) is 24.3. The Kier molecular flexibility index (Phi) is 8.53. The molecule has 3 heterocycles. The summed E-state index contributed by atoms with van der Waals surface area (Å²) in [5.41, 5.74) is -0.363. The van der Waals surface area contributed by atoms with E-state index in [4.69, 9.17) is 16.3 Å². The number of halogens is 1. The Morgan fingerprint density at radius 1 is 0.909 bits per heavy atom. The van der Waals surface area contributed by atoms with Gasteiger partial charge in [0.1, 0.15) is 5.75 Å². The molecular formula is C26H38ClN3O3. The third-order valence-corrected chi connectivity index (χ3v) is 7.67. The Morgan fingerprint density at radius 2 is 1.64 bits per heavy atom. The van der Waals surface area contributed by atoms with Crippen LogP contribution in [0.5, 0.6) is 5.75 Å². The monoisotopic (exact) mass is 475 g/mol. The van der Waals surface area contributed by atoms with Crippen LogP contribution in [0.4, 0.5) is 0 Å². The highest BCUT2D eigenvalue weighted by Crippen LogP contribution is 2.36. The van der Waals surface area contributed by atoms with Crippen LogP contribution in [0.2, 0.25) is 5.02 Å². The summed E-state index contributed by atoms with van der Waals surface area (Å²) in [5.74, 6) is 1.12. The lowest BCUT2D eigenvalue weighted by Crippen LogP contribution is -2.51. The molecule has 1 unspecified atom stereocenters. The first-order valence-corrected chi connectivity index (χ1v) is 13.1. The summed E-state index contributed by atoms with van der Waals surface area (Å²) in [6.07, 6.45) is 8.63. The maximum Gasteiger partial charge on any atom is 0.223 e. The summed E-state index contributed by atoms with van der Waals surface area (Å²) < 4.78 is 6.19. The molecule has 1 aromatic carbocycles. The van der Waals surface area contributed by atoms with Gasteiger partial charge < -0.3 is 19.4 Å². The second kappa shape index (κ2) is 11.6. The average Bonchev–Trinajstić information content (AvgIpc) is 3.36. The third-order valence-electron chi connectivity index (χ3n) is 7.43. The van der Waals surface area contributed by atoms with Gasteiger partial charge in [-0.2, -0.15) is 0 Å². The number of carbonyl (C=O) groups is 2. The number of piperidine rings is 2. The van der Waals surface area contributed by atoms with Crippen LogP contribution in [-0.4, -0.2) is 78.9 Å². The summed E-state index contributed by atoms with van der Waals surface area (Å²) in [4.78, 5) is 32.7. The highest BCUT2D eigenvalue weighted by Gasteiger charge is 2.41. The molecule has 7 heteroatoms. The Hall–Kier alpha value is -1.79. The molecule has 4 rings (SSSR count). The molecule has 0 radical (unpaired) electrons. The van der Waals surface area contributed by atoms with Crippen molar-refractivity contribution in [1.82, 2.24) is 14.7 Å². The van der Waals surface area contributed by atoms with Crippen molar-refractivity contribution < 1.29 is 14.3 Å². The van der Waals surface area contributed by atoms with Gasteiger partial charge in [0.25, 0.3) is 0 Å². The normalized spacial score (nSPS) is 24.2. The van der Waals surface area contributed by atoms with E-state index in [0.717, 1.165) is 65.0 Å². The van der Waals surface area contributed by atoms with E-state index in [9.17, 15) is 9.59 Å². The predicted octanol–water partition coefficient (Wildman–Crippen LogP) is 4.22. The second-order valence-electron chi connectivity index (χ2n) is 10.1. The van der Waals surface area contributed by atoms with Crippen molar-refractivity contribution in [2.75, 3.05) is 52.4 Å². The van der Waals surface area contributed by atoms with Gasteiger partial charge in [-0.05, 0) is 76.2 Å². The molecule has 6 nitrogen and oxygen atoms in total. The van der Waals surface area contributed by atoms with Crippen LogP contribution in [0.25, 0.3) is 0 Å². The van der Waals surface area contributed by atoms with Crippen molar-refractivity contribution in [2.45, 2.75) is 57.8 Å². The Morgan fingerprint density at radius 3 is 2.39 bits per heavy atom. The largest absolute Gasteiger partial charge is 0.493 e. The number of hydrogen-bond donors (Lipinski definition) is 0. The van der Waals surface area contributed by atoms with E-state index in [-0.39, 0.29) is 17.2 Å². The number of carbonyl (C=O) groups excluding carboxylic acids is 2. The zero-order chi connectivity index (χ0) is 23.1. The number of nitrogens with zero attached hydrogens (tertiary/aromatic N) is 3. The lowest BCUT2D eigenvalue weighted by Gasteiger charge is -2.43. The molecule has 3 aliphatic heterocycles. The summed E-state index contributed by atoms with van der Waals surface area (Å²) in [6.45, 7) is 6.54.